The molecule has 3 rings (SSSR count). The number of rotatable bonds is 7. The minimum Gasteiger partial charge on any atom is -0.497 e. The summed E-state index contributed by atoms with van der Waals surface area (Å²) in [6.45, 7) is 13.7. The first-order valence-electron chi connectivity index (χ1n) is 12.7. The van der Waals surface area contributed by atoms with Crippen LogP contribution in [0.5, 0.6) is 11.5 Å². The second-order valence-electron chi connectivity index (χ2n) is 11.4. The molecule has 0 bridgehead atoms. The Morgan fingerprint density at radius 3 is 2.41 bits per heavy atom. The minimum absolute atomic E-state index is 0.0665. The summed E-state index contributed by atoms with van der Waals surface area (Å²) < 4.78 is 11.5. The van der Waals surface area contributed by atoms with Gasteiger partial charge in [-0.1, -0.05) is 25.5 Å². The third kappa shape index (κ3) is 4.42. The predicted octanol–water partition coefficient (Wildman–Crippen LogP) is 5.45. The Morgan fingerprint density at radius 2 is 1.88 bits per heavy atom. The highest BCUT2D eigenvalue weighted by Gasteiger charge is 2.63. The van der Waals surface area contributed by atoms with Gasteiger partial charge in [-0.25, -0.2) is 0 Å². The monoisotopic (exact) mass is 472 g/mol. The van der Waals surface area contributed by atoms with Crippen molar-refractivity contribution in [3.8, 4) is 11.5 Å². The van der Waals surface area contributed by atoms with E-state index in [1.807, 2.05) is 39.0 Å². The summed E-state index contributed by atoms with van der Waals surface area (Å²) in [4.78, 5) is 14.1. The lowest BCUT2D eigenvalue weighted by Gasteiger charge is -2.54. The van der Waals surface area contributed by atoms with Crippen molar-refractivity contribution in [2.75, 3.05) is 14.2 Å². The topological polar surface area (TPSA) is 76.0 Å². The highest BCUT2D eigenvalue weighted by Crippen LogP contribution is 2.59. The summed E-state index contributed by atoms with van der Waals surface area (Å²) in [6.07, 6.45) is 4.15. The van der Waals surface area contributed by atoms with Gasteiger partial charge in [-0.2, -0.15) is 0 Å². The maximum atomic E-state index is 14.1. The molecule has 5 heteroatoms. The van der Waals surface area contributed by atoms with Crippen LogP contribution in [0.15, 0.2) is 23.8 Å². The molecule has 0 spiro atoms. The molecule has 2 aliphatic rings. The van der Waals surface area contributed by atoms with E-state index in [4.69, 9.17) is 9.47 Å². The molecule has 1 aromatic rings. The van der Waals surface area contributed by atoms with E-state index >= 15 is 0 Å². The molecule has 2 aliphatic carbocycles. The number of fused-ring (bicyclic) bond motifs is 1. The predicted molar refractivity (Wildman–Crippen MR) is 135 cm³/mol. The van der Waals surface area contributed by atoms with Crippen LogP contribution in [0.1, 0.15) is 77.8 Å². The molecule has 1 aromatic carbocycles. The van der Waals surface area contributed by atoms with Gasteiger partial charge < -0.3 is 19.7 Å². The molecule has 2 N–H and O–H groups in total. The van der Waals surface area contributed by atoms with Gasteiger partial charge in [-0.05, 0) is 89.3 Å². The maximum absolute atomic E-state index is 14.1. The van der Waals surface area contributed by atoms with Gasteiger partial charge in [0.2, 0.25) is 0 Å². The molecule has 0 aliphatic heterocycles. The van der Waals surface area contributed by atoms with E-state index in [2.05, 4.69) is 13.8 Å². The van der Waals surface area contributed by atoms with E-state index in [1.54, 1.807) is 28.1 Å². The largest absolute Gasteiger partial charge is 0.497 e. The molecule has 0 amide bonds. The summed E-state index contributed by atoms with van der Waals surface area (Å²) in [7, 11) is 3.27. The number of hydrogen-bond acceptors (Lipinski definition) is 5. The summed E-state index contributed by atoms with van der Waals surface area (Å²) in [5.41, 5.74) is 0.229. The van der Waals surface area contributed by atoms with Gasteiger partial charge in [-0.15, -0.1) is 0 Å². The third-order valence-electron chi connectivity index (χ3n) is 8.74. The fourth-order valence-corrected chi connectivity index (χ4v) is 7.04. The van der Waals surface area contributed by atoms with Crippen LogP contribution in [0.25, 0.3) is 0 Å². The van der Waals surface area contributed by atoms with Crippen LogP contribution >= 0.6 is 0 Å². The van der Waals surface area contributed by atoms with Crippen molar-refractivity contribution in [1.29, 1.82) is 0 Å². The van der Waals surface area contributed by atoms with E-state index in [1.165, 1.54) is 0 Å². The Kier molecular flexibility index (Phi) is 7.60. The second-order valence-corrected chi connectivity index (χ2v) is 11.4. The Hall–Kier alpha value is -1.85. The zero-order chi connectivity index (χ0) is 25.6. The molecular weight excluding hydrogens is 428 g/mol. The highest BCUT2D eigenvalue weighted by molar-refractivity contribution is 5.87. The molecule has 7 atom stereocenters. The molecule has 190 valence electrons. The summed E-state index contributed by atoms with van der Waals surface area (Å²) >= 11 is 0. The van der Waals surface area contributed by atoms with Crippen LogP contribution in [0.4, 0.5) is 0 Å². The Bertz CT molecular complexity index is 943. The number of Topliss-reactive ketones (excluding diaryl/α,β-unsaturated/α-hetero) is 1. The normalized spacial score (nSPS) is 33.0. The molecule has 0 radical (unpaired) electrons. The van der Waals surface area contributed by atoms with E-state index < -0.39 is 23.0 Å². The number of methoxy groups -OCH3 is 2. The van der Waals surface area contributed by atoms with E-state index in [-0.39, 0.29) is 30.0 Å². The van der Waals surface area contributed by atoms with E-state index in [9.17, 15) is 15.0 Å². The smallest absolute Gasteiger partial charge is 0.142 e. The number of benzene rings is 1. The summed E-state index contributed by atoms with van der Waals surface area (Å²) in [6, 6.07) is 3.86. The van der Waals surface area contributed by atoms with Crippen LogP contribution in [0.2, 0.25) is 0 Å². The zero-order valence-electron chi connectivity index (χ0n) is 22.4. The van der Waals surface area contributed by atoms with Crippen molar-refractivity contribution in [1.82, 2.24) is 0 Å². The molecule has 0 saturated heterocycles. The summed E-state index contributed by atoms with van der Waals surface area (Å²) in [5, 5.41) is 23.8. The first-order chi connectivity index (χ1) is 15.8. The van der Waals surface area contributed by atoms with Crippen LogP contribution in [-0.4, -0.2) is 41.4 Å². The lowest BCUT2D eigenvalue weighted by atomic mass is 9.52. The molecule has 0 heterocycles. The Morgan fingerprint density at radius 1 is 1.24 bits per heavy atom. The molecule has 34 heavy (non-hydrogen) atoms. The number of allylic oxidation sites excluding steroid dienone is 1. The lowest BCUT2D eigenvalue weighted by molar-refractivity contribution is -0.173. The zero-order valence-corrected chi connectivity index (χ0v) is 22.4. The van der Waals surface area contributed by atoms with Gasteiger partial charge in [0.1, 0.15) is 17.3 Å². The van der Waals surface area contributed by atoms with Gasteiger partial charge in [0.25, 0.3) is 0 Å². The number of aliphatic hydroxyl groups is 2. The van der Waals surface area contributed by atoms with Crippen molar-refractivity contribution in [3.05, 3.63) is 34.9 Å². The quantitative estimate of drug-likeness (QED) is 0.516. The molecule has 0 aromatic heterocycles. The molecule has 5 nitrogen and oxygen atoms in total. The third-order valence-corrected chi connectivity index (χ3v) is 8.74. The van der Waals surface area contributed by atoms with Crippen molar-refractivity contribution in [3.63, 3.8) is 0 Å². The van der Waals surface area contributed by atoms with Crippen molar-refractivity contribution in [2.45, 2.75) is 84.8 Å². The minimum atomic E-state index is -1.38. The van der Waals surface area contributed by atoms with Crippen LogP contribution in [0.3, 0.4) is 0 Å². The SMILES string of the molecule is C/C=C(\C)C(c1cc(OC)cc(C)c1OC)C1(O)C(CC(C)(C)O)C(=O)C2C(CC[C@H]2C)[C@@H]1C. The number of aryl methyl sites for hydroxylation is 1. The average Bonchev–Trinajstić information content (AvgIpc) is 3.16. The van der Waals surface area contributed by atoms with Crippen LogP contribution in [0, 0.1) is 36.5 Å². The fourth-order valence-electron chi connectivity index (χ4n) is 7.04. The molecule has 2 fully saturated rings. The van der Waals surface area contributed by atoms with Gasteiger partial charge in [0.05, 0.1) is 31.3 Å². The van der Waals surface area contributed by atoms with Crippen LogP contribution < -0.4 is 9.47 Å². The molecule has 2 saturated carbocycles. The average molecular weight is 473 g/mol. The number of carbonyl (C=O) groups excluding carboxylic acids is 1. The Labute approximate surface area is 205 Å². The maximum Gasteiger partial charge on any atom is 0.142 e. The van der Waals surface area contributed by atoms with Gasteiger partial charge in [-0.3, -0.25) is 4.79 Å². The van der Waals surface area contributed by atoms with Gasteiger partial charge in [0, 0.05) is 17.4 Å². The first kappa shape index (κ1) is 26.7. The number of ether oxygens (including phenoxy) is 2. The number of carbonyl (C=O) groups is 1. The number of hydrogen-bond donors (Lipinski definition) is 2. The second kappa shape index (κ2) is 9.66. The van der Waals surface area contributed by atoms with Crippen molar-refractivity contribution in [2.24, 2.45) is 29.6 Å². The fraction of sp³-hybridized carbons (Fsp3) is 0.690. The molecular formula is C29H44O5. The Balaban J connectivity index is 2.32. The van der Waals surface area contributed by atoms with Crippen LogP contribution in [-0.2, 0) is 4.79 Å². The van der Waals surface area contributed by atoms with E-state index in [0.717, 1.165) is 29.5 Å². The van der Waals surface area contributed by atoms with Crippen molar-refractivity contribution < 1.29 is 24.5 Å². The van der Waals surface area contributed by atoms with Crippen molar-refractivity contribution >= 4 is 5.78 Å². The number of ketones is 1. The highest BCUT2D eigenvalue weighted by atomic mass is 16.5. The van der Waals surface area contributed by atoms with Gasteiger partial charge >= 0.3 is 0 Å². The van der Waals surface area contributed by atoms with Gasteiger partial charge in [0.15, 0.2) is 0 Å². The van der Waals surface area contributed by atoms with E-state index in [0.29, 0.717) is 17.4 Å². The first-order valence-corrected chi connectivity index (χ1v) is 12.7. The standard InChI is InChI=1S/C29H44O5/c1-10-16(2)25(22-14-20(33-8)13-18(4)27(22)34-9)29(32)19(5)21-12-11-17(3)24(21)26(30)23(29)15-28(6,7)31/h10,13-14,17,19,21,23-25,31-32H,11-12,15H2,1-9H3/b16-10+/t17-,19+,21?,23?,24?,25?,29?/m1/s1. The lowest BCUT2D eigenvalue weighted by Crippen LogP contribution is -2.62. The summed E-state index contributed by atoms with van der Waals surface area (Å²) in [5.74, 6) is 0.525. The molecule has 5 unspecified atom stereocenters.